The maximum atomic E-state index is 3.54. The van der Waals surface area contributed by atoms with Crippen LogP contribution in [0, 0.1) is 27.7 Å². The molecule has 0 spiro atoms. The van der Waals surface area contributed by atoms with Gasteiger partial charge in [0.1, 0.15) is 0 Å². The van der Waals surface area contributed by atoms with E-state index in [0.717, 1.165) is 13.1 Å². The Morgan fingerprint density at radius 1 is 0.941 bits per heavy atom. The van der Waals surface area contributed by atoms with Gasteiger partial charge in [-0.3, -0.25) is 0 Å². The van der Waals surface area contributed by atoms with Crippen molar-refractivity contribution in [2.75, 3.05) is 13.1 Å². The van der Waals surface area contributed by atoms with Crippen molar-refractivity contribution < 1.29 is 0 Å². The van der Waals surface area contributed by atoms with E-state index in [4.69, 9.17) is 0 Å². The molecule has 0 saturated carbocycles. The van der Waals surface area contributed by atoms with Crippen LogP contribution in [0.5, 0.6) is 0 Å². The summed E-state index contributed by atoms with van der Waals surface area (Å²) in [5, 5.41) is 3.05. The summed E-state index contributed by atoms with van der Waals surface area (Å²) in [7, 11) is 0. The van der Waals surface area contributed by atoms with Crippen molar-refractivity contribution in [2.24, 2.45) is 0 Å². The molecule has 0 unspecified atom stereocenters. The van der Waals surface area contributed by atoms with Crippen molar-refractivity contribution in [1.82, 2.24) is 5.32 Å². The molecule has 94 valence electrons. The van der Waals surface area contributed by atoms with Gasteiger partial charge in [-0.15, -0.1) is 13.2 Å². The molecule has 1 rings (SSSR count). The molecule has 1 aromatic carbocycles. The molecule has 0 bridgehead atoms. The van der Waals surface area contributed by atoms with Gasteiger partial charge in [-0.1, -0.05) is 29.8 Å². The molecule has 1 heteroatoms. The summed E-state index contributed by atoms with van der Waals surface area (Å²) in [6.45, 7) is 17.4. The Labute approximate surface area is 106 Å². The van der Waals surface area contributed by atoms with E-state index in [1.54, 1.807) is 0 Å². The zero-order valence-corrected chi connectivity index (χ0v) is 11.6. The van der Waals surface area contributed by atoms with E-state index in [1.165, 1.54) is 22.3 Å². The van der Waals surface area contributed by atoms with Crippen LogP contribution in [0.4, 0.5) is 0 Å². The van der Waals surface area contributed by atoms with E-state index >= 15 is 0 Å². The van der Waals surface area contributed by atoms with Crippen molar-refractivity contribution in [3.63, 3.8) is 0 Å². The minimum absolute atomic E-state index is 0.867. The molecule has 0 aliphatic carbocycles. The minimum Gasteiger partial charge on any atom is -0.310 e. The molecule has 0 heterocycles. The molecule has 17 heavy (non-hydrogen) atoms. The number of benzene rings is 1. The highest BCUT2D eigenvalue weighted by molar-refractivity contribution is 5.35. The molecule has 0 atom stereocenters. The quantitative estimate of drug-likeness (QED) is 0.613. The van der Waals surface area contributed by atoms with Crippen LogP contribution < -0.4 is 5.32 Å². The van der Waals surface area contributed by atoms with Crippen LogP contribution in [0.3, 0.4) is 0 Å². The van der Waals surface area contributed by atoms with Crippen molar-refractivity contribution in [1.29, 1.82) is 0 Å². The first-order chi connectivity index (χ1) is 8.02. The van der Waals surface area contributed by atoms with Gasteiger partial charge in [0, 0.05) is 13.1 Å². The molecule has 1 aromatic rings. The summed E-state index contributed by atoms with van der Waals surface area (Å²) >= 11 is 0. The Balaban J connectivity index is 0.000000325. The molecule has 0 aliphatic heterocycles. The van der Waals surface area contributed by atoms with Gasteiger partial charge >= 0.3 is 0 Å². The van der Waals surface area contributed by atoms with Crippen molar-refractivity contribution in [3.05, 3.63) is 59.7 Å². The third-order valence-corrected chi connectivity index (χ3v) is 2.65. The molecule has 0 fully saturated rings. The summed E-state index contributed by atoms with van der Waals surface area (Å²) in [6.07, 6.45) is 3.65. The fraction of sp³-hybridized carbons (Fsp3) is 0.375. The maximum absolute atomic E-state index is 3.54. The molecular formula is C16H25N. The monoisotopic (exact) mass is 231 g/mol. The van der Waals surface area contributed by atoms with Gasteiger partial charge < -0.3 is 5.32 Å². The minimum atomic E-state index is 0.867. The Morgan fingerprint density at radius 3 is 1.71 bits per heavy atom. The van der Waals surface area contributed by atoms with Crippen LogP contribution in [-0.4, -0.2) is 13.1 Å². The first-order valence-corrected chi connectivity index (χ1v) is 5.99. The first kappa shape index (κ1) is 15.7. The third-order valence-electron chi connectivity index (χ3n) is 2.65. The van der Waals surface area contributed by atoms with Gasteiger partial charge in [-0.05, 0) is 44.4 Å². The van der Waals surface area contributed by atoms with Crippen LogP contribution in [0.1, 0.15) is 22.3 Å². The summed E-state index contributed by atoms with van der Waals surface area (Å²) < 4.78 is 0. The highest BCUT2D eigenvalue weighted by atomic mass is 14.8. The fourth-order valence-corrected chi connectivity index (χ4v) is 1.54. The average molecular weight is 231 g/mol. The Bertz CT molecular complexity index is 333. The van der Waals surface area contributed by atoms with Gasteiger partial charge in [0.15, 0.2) is 0 Å². The van der Waals surface area contributed by atoms with Gasteiger partial charge in [-0.2, -0.15) is 0 Å². The first-order valence-electron chi connectivity index (χ1n) is 5.99. The number of nitrogens with one attached hydrogen (secondary N) is 1. The predicted molar refractivity (Wildman–Crippen MR) is 78.7 cm³/mol. The van der Waals surface area contributed by atoms with E-state index in [9.17, 15) is 0 Å². The lowest BCUT2D eigenvalue weighted by molar-refractivity contribution is 0.845. The van der Waals surface area contributed by atoms with Gasteiger partial charge in [0.2, 0.25) is 0 Å². The lowest BCUT2D eigenvalue weighted by Crippen LogP contribution is -2.11. The fourth-order valence-electron chi connectivity index (χ4n) is 1.54. The summed E-state index contributed by atoms with van der Waals surface area (Å²) in [4.78, 5) is 0. The largest absolute Gasteiger partial charge is 0.310 e. The Morgan fingerprint density at radius 2 is 1.35 bits per heavy atom. The second-order valence-electron chi connectivity index (χ2n) is 4.26. The van der Waals surface area contributed by atoms with Gasteiger partial charge in [0.25, 0.3) is 0 Å². The van der Waals surface area contributed by atoms with Crippen molar-refractivity contribution >= 4 is 0 Å². The lowest BCUT2D eigenvalue weighted by atomic mass is 10.0. The van der Waals surface area contributed by atoms with E-state index in [-0.39, 0.29) is 0 Å². The van der Waals surface area contributed by atoms with Crippen LogP contribution >= 0.6 is 0 Å². The van der Waals surface area contributed by atoms with E-state index in [0.29, 0.717) is 0 Å². The summed E-state index contributed by atoms with van der Waals surface area (Å²) in [6, 6.07) is 4.45. The van der Waals surface area contributed by atoms with Gasteiger partial charge in [-0.25, -0.2) is 0 Å². The highest BCUT2D eigenvalue weighted by Gasteiger charge is 1.95. The summed E-state index contributed by atoms with van der Waals surface area (Å²) in [5.41, 5.74) is 5.58. The normalized spacial score (nSPS) is 9.18. The molecule has 0 aromatic heterocycles. The zero-order valence-electron chi connectivity index (χ0n) is 11.6. The molecule has 1 nitrogen and oxygen atoms in total. The number of rotatable bonds is 4. The second kappa shape index (κ2) is 8.77. The smallest absolute Gasteiger partial charge is 0.0135 e. The lowest BCUT2D eigenvalue weighted by Gasteiger charge is -2.04. The highest BCUT2D eigenvalue weighted by Crippen LogP contribution is 2.13. The van der Waals surface area contributed by atoms with Crippen molar-refractivity contribution in [2.45, 2.75) is 27.7 Å². The molecule has 0 amide bonds. The Hall–Kier alpha value is -1.34. The van der Waals surface area contributed by atoms with Gasteiger partial charge in [0.05, 0.1) is 0 Å². The number of hydrogen-bond acceptors (Lipinski definition) is 1. The SMILES string of the molecule is C=CCNCC=C.Cc1cc(C)c(C)c(C)c1. The van der Waals surface area contributed by atoms with E-state index in [2.05, 4.69) is 58.3 Å². The molecule has 1 N–H and O–H groups in total. The van der Waals surface area contributed by atoms with Crippen LogP contribution in [0.15, 0.2) is 37.4 Å². The standard InChI is InChI=1S/C10H14.C6H11N/c1-7-5-8(2)10(4)9(3)6-7;1-3-5-7-6-4-2/h5-6H,1-4H3;3-4,7H,1-2,5-6H2. The average Bonchev–Trinajstić information content (AvgIpc) is 2.27. The molecule has 0 aliphatic rings. The third kappa shape index (κ3) is 6.75. The topological polar surface area (TPSA) is 12.0 Å². The number of hydrogen-bond donors (Lipinski definition) is 1. The molecule has 0 radical (unpaired) electrons. The molecular weight excluding hydrogens is 206 g/mol. The number of aryl methyl sites for hydroxylation is 3. The maximum Gasteiger partial charge on any atom is 0.0135 e. The zero-order chi connectivity index (χ0) is 13.3. The second-order valence-corrected chi connectivity index (χ2v) is 4.26. The summed E-state index contributed by atoms with van der Waals surface area (Å²) in [5.74, 6) is 0. The van der Waals surface area contributed by atoms with E-state index < -0.39 is 0 Å². The van der Waals surface area contributed by atoms with Crippen LogP contribution in [0.2, 0.25) is 0 Å². The van der Waals surface area contributed by atoms with Crippen molar-refractivity contribution in [3.8, 4) is 0 Å². The molecule has 0 saturated heterocycles. The predicted octanol–water partition coefficient (Wildman–Crippen LogP) is 3.87. The van der Waals surface area contributed by atoms with E-state index in [1.807, 2.05) is 12.2 Å². The van der Waals surface area contributed by atoms with Crippen LogP contribution in [0.25, 0.3) is 0 Å². The Kier molecular flexibility index (Phi) is 8.08. The van der Waals surface area contributed by atoms with Crippen LogP contribution in [-0.2, 0) is 0 Å².